The molecule has 1 radical (unpaired) electrons. The van der Waals surface area contributed by atoms with Gasteiger partial charge in [-0.2, -0.15) is 0 Å². The molecule has 1 heteroatoms. The topological polar surface area (TPSA) is 0 Å². The molecule has 0 fully saturated rings. The maximum atomic E-state index is 5.62. The normalized spacial score (nSPS) is 21.6. The summed E-state index contributed by atoms with van der Waals surface area (Å²) in [7, 11) is 0. The van der Waals surface area contributed by atoms with Crippen molar-refractivity contribution in [1.82, 2.24) is 0 Å². The van der Waals surface area contributed by atoms with Crippen molar-refractivity contribution in [3.8, 4) is 0 Å². The van der Waals surface area contributed by atoms with E-state index < -0.39 is 0 Å². The van der Waals surface area contributed by atoms with Crippen LogP contribution in [0.25, 0.3) is 0 Å². The van der Waals surface area contributed by atoms with Crippen molar-refractivity contribution in [1.29, 1.82) is 0 Å². The van der Waals surface area contributed by atoms with E-state index in [-0.39, 0.29) is 0 Å². The van der Waals surface area contributed by atoms with Crippen LogP contribution in [-0.2, 0) is 0 Å². The van der Waals surface area contributed by atoms with Crippen LogP contribution < -0.4 is 0 Å². The van der Waals surface area contributed by atoms with Gasteiger partial charge in [0.15, 0.2) is 0 Å². The van der Waals surface area contributed by atoms with Gasteiger partial charge in [0.25, 0.3) is 0 Å². The molecule has 1 aliphatic rings. The Hall–Kier alpha value is 0.0300. The van der Waals surface area contributed by atoms with Crippen LogP contribution in [0.3, 0.4) is 0 Å². The van der Waals surface area contributed by atoms with Gasteiger partial charge in [0.2, 0.25) is 0 Å². The summed E-state index contributed by atoms with van der Waals surface area (Å²) in [6.45, 7) is 0. The number of rotatable bonds is 0. The van der Waals surface area contributed by atoms with Crippen molar-refractivity contribution >= 4 is 11.6 Å². The van der Waals surface area contributed by atoms with Gasteiger partial charge in [-0.15, -0.1) is 0 Å². The average Bonchev–Trinajstić information content (AvgIpc) is 1.69. The van der Waals surface area contributed by atoms with Gasteiger partial charge in [-0.3, -0.25) is 0 Å². The summed E-state index contributed by atoms with van der Waals surface area (Å²) in [6.07, 6.45) is 7.72. The van der Waals surface area contributed by atoms with Gasteiger partial charge in [-0.1, -0.05) is 11.6 Å². The minimum Gasteiger partial charge on any atom is -0.0888 e. The van der Waals surface area contributed by atoms with Crippen LogP contribution in [0, 0.1) is 6.08 Å². The Kier molecular flexibility index (Phi) is 1.75. The average molecular weight is 116 g/mol. The lowest BCUT2D eigenvalue weighted by Gasteiger charge is -2.02. The molecule has 0 aromatic carbocycles. The Bertz CT molecular complexity index is 84.2. The smallest absolute Gasteiger partial charge is 0.0216 e. The third-order valence-corrected chi connectivity index (χ3v) is 1.46. The Balaban J connectivity index is 2.40. The quantitative estimate of drug-likeness (QED) is 0.455. The molecule has 39 valence electrons. The second kappa shape index (κ2) is 2.37. The van der Waals surface area contributed by atoms with E-state index in [0.717, 1.165) is 17.9 Å². The molecular formula is C6H8Cl. The van der Waals surface area contributed by atoms with Crippen LogP contribution in [0.1, 0.15) is 25.7 Å². The third kappa shape index (κ3) is 1.52. The molecule has 0 nitrogen and oxygen atoms in total. The van der Waals surface area contributed by atoms with Gasteiger partial charge < -0.3 is 0 Å². The summed E-state index contributed by atoms with van der Waals surface area (Å²) in [6, 6.07) is 0. The summed E-state index contributed by atoms with van der Waals surface area (Å²) >= 11 is 5.62. The Morgan fingerprint density at radius 1 is 1.43 bits per heavy atom. The zero-order valence-electron chi connectivity index (χ0n) is 4.21. The number of hydrogen-bond acceptors (Lipinski definition) is 0. The van der Waals surface area contributed by atoms with E-state index >= 15 is 0 Å². The summed E-state index contributed by atoms with van der Waals surface area (Å²) in [5.74, 6) is 0. The Morgan fingerprint density at radius 2 is 2.29 bits per heavy atom. The molecule has 0 unspecified atom stereocenters. The molecule has 0 aromatic heterocycles. The van der Waals surface area contributed by atoms with Crippen LogP contribution >= 0.6 is 11.6 Å². The Morgan fingerprint density at radius 3 is 2.57 bits per heavy atom. The zero-order chi connectivity index (χ0) is 5.11. The van der Waals surface area contributed by atoms with E-state index in [2.05, 4.69) is 6.08 Å². The summed E-state index contributed by atoms with van der Waals surface area (Å²) in [5.41, 5.74) is 0. The molecule has 0 aromatic rings. The number of allylic oxidation sites excluding steroid dienone is 2. The predicted molar refractivity (Wildman–Crippen MR) is 31.1 cm³/mol. The molecule has 0 saturated carbocycles. The Labute approximate surface area is 49.2 Å². The first kappa shape index (κ1) is 5.17. The van der Waals surface area contributed by atoms with Crippen LogP contribution in [0.5, 0.6) is 0 Å². The SMILES string of the molecule is ClC1=[C]CCCC1. The highest BCUT2D eigenvalue weighted by molar-refractivity contribution is 6.29. The van der Waals surface area contributed by atoms with E-state index in [1.54, 1.807) is 0 Å². The first-order chi connectivity index (χ1) is 3.39. The molecule has 0 bridgehead atoms. The van der Waals surface area contributed by atoms with Crippen molar-refractivity contribution in [3.05, 3.63) is 11.1 Å². The monoisotopic (exact) mass is 115 g/mol. The van der Waals surface area contributed by atoms with E-state index in [4.69, 9.17) is 11.6 Å². The molecule has 7 heavy (non-hydrogen) atoms. The number of halogens is 1. The lowest BCUT2D eigenvalue weighted by atomic mass is 10.1. The van der Waals surface area contributed by atoms with Crippen LogP contribution in [0.15, 0.2) is 5.03 Å². The second-order valence-electron chi connectivity index (χ2n) is 1.79. The maximum Gasteiger partial charge on any atom is 0.0216 e. The van der Waals surface area contributed by atoms with Crippen molar-refractivity contribution in [2.45, 2.75) is 25.7 Å². The summed E-state index contributed by atoms with van der Waals surface area (Å²) < 4.78 is 0. The van der Waals surface area contributed by atoms with Gasteiger partial charge in [0.1, 0.15) is 0 Å². The molecule has 1 rings (SSSR count). The fourth-order valence-corrected chi connectivity index (χ4v) is 0.946. The standard InChI is InChI=1S/C6H8Cl/c7-6-4-2-1-3-5-6/h1-4H2. The van der Waals surface area contributed by atoms with Gasteiger partial charge >= 0.3 is 0 Å². The molecule has 0 aliphatic heterocycles. The van der Waals surface area contributed by atoms with E-state index in [1.165, 1.54) is 12.8 Å². The van der Waals surface area contributed by atoms with E-state index in [1.807, 2.05) is 0 Å². The number of hydrogen-bond donors (Lipinski definition) is 0. The first-order valence-electron chi connectivity index (χ1n) is 2.65. The van der Waals surface area contributed by atoms with Crippen LogP contribution in [-0.4, -0.2) is 0 Å². The van der Waals surface area contributed by atoms with Crippen molar-refractivity contribution in [3.63, 3.8) is 0 Å². The van der Waals surface area contributed by atoms with Crippen LogP contribution in [0.2, 0.25) is 0 Å². The van der Waals surface area contributed by atoms with Gasteiger partial charge in [0, 0.05) is 5.03 Å². The minimum atomic E-state index is 0.936. The fourth-order valence-electron chi connectivity index (χ4n) is 0.718. The van der Waals surface area contributed by atoms with E-state index in [0.29, 0.717) is 0 Å². The van der Waals surface area contributed by atoms with E-state index in [9.17, 15) is 0 Å². The maximum absolute atomic E-state index is 5.62. The molecular weight excluding hydrogens is 108 g/mol. The zero-order valence-corrected chi connectivity index (χ0v) is 4.96. The minimum absolute atomic E-state index is 0.936. The molecule has 0 N–H and O–H groups in total. The summed E-state index contributed by atoms with van der Waals surface area (Å²) in [4.78, 5) is 0. The molecule has 1 aliphatic carbocycles. The molecule has 0 amide bonds. The van der Waals surface area contributed by atoms with Gasteiger partial charge in [-0.25, -0.2) is 0 Å². The van der Waals surface area contributed by atoms with Gasteiger partial charge in [0.05, 0.1) is 0 Å². The van der Waals surface area contributed by atoms with Crippen molar-refractivity contribution in [2.75, 3.05) is 0 Å². The van der Waals surface area contributed by atoms with Crippen molar-refractivity contribution in [2.24, 2.45) is 0 Å². The predicted octanol–water partition coefficient (Wildman–Crippen LogP) is 2.49. The molecule has 0 atom stereocenters. The highest BCUT2D eigenvalue weighted by Crippen LogP contribution is 2.18. The lowest BCUT2D eigenvalue weighted by Crippen LogP contribution is -1.84. The van der Waals surface area contributed by atoms with Crippen LogP contribution in [0.4, 0.5) is 0 Å². The fraction of sp³-hybridized carbons (Fsp3) is 0.667. The molecule has 0 saturated heterocycles. The molecule has 0 heterocycles. The highest BCUT2D eigenvalue weighted by Gasteiger charge is 1.98. The lowest BCUT2D eigenvalue weighted by molar-refractivity contribution is 0.709. The third-order valence-electron chi connectivity index (χ3n) is 1.14. The summed E-state index contributed by atoms with van der Waals surface area (Å²) in [5, 5.41) is 0.936. The van der Waals surface area contributed by atoms with Gasteiger partial charge in [-0.05, 0) is 31.8 Å². The second-order valence-corrected chi connectivity index (χ2v) is 2.25. The van der Waals surface area contributed by atoms with Crippen molar-refractivity contribution < 1.29 is 0 Å². The first-order valence-corrected chi connectivity index (χ1v) is 3.02. The highest BCUT2D eigenvalue weighted by atomic mass is 35.5. The molecule has 0 spiro atoms. The largest absolute Gasteiger partial charge is 0.0888 e.